The van der Waals surface area contributed by atoms with E-state index in [0.29, 0.717) is 18.0 Å². The molecule has 0 saturated carbocycles. The summed E-state index contributed by atoms with van der Waals surface area (Å²) >= 11 is 0. The van der Waals surface area contributed by atoms with Gasteiger partial charge in [-0.15, -0.1) is 0 Å². The summed E-state index contributed by atoms with van der Waals surface area (Å²) in [6.45, 7) is 8.35. The largest absolute Gasteiger partial charge is 0.352 e. The fraction of sp³-hybridized carbons (Fsp3) is 0.529. The second-order valence-corrected chi connectivity index (χ2v) is 6.28. The predicted molar refractivity (Wildman–Crippen MR) is 90.4 cm³/mol. The minimum absolute atomic E-state index is 0.0494. The van der Waals surface area contributed by atoms with Gasteiger partial charge in [0.15, 0.2) is 0 Å². The van der Waals surface area contributed by atoms with Crippen LogP contribution in [0.1, 0.15) is 35.2 Å². The van der Waals surface area contributed by atoms with Gasteiger partial charge < -0.3 is 5.32 Å². The summed E-state index contributed by atoms with van der Waals surface area (Å²) in [7, 11) is 0. The van der Waals surface area contributed by atoms with Crippen molar-refractivity contribution in [2.24, 2.45) is 5.92 Å². The van der Waals surface area contributed by atoms with Crippen LogP contribution in [0.15, 0.2) is 24.7 Å². The zero-order chi connectivity index (χ0) is 16.9. The first-order chi connectivity index (χ1) is 11.7. The lowest BCUT2D eigenvalue weighted by atomic mass is 10.1. The topological polar surface area (TPSA) is 75.9 Å². The quantitative estimate of drug-likeness (QED) is 0.864. The predicted octanol–water partition coefficient (Wildman–Crippen LogP) is 1.25. The number of rotatable bonds is 6. The first-order valence-electron chi connectivity index (χ1n) is 8.45. The Hall–Kier alpha value is -2.28. The van der Waals surface area contributed by atoms with Gasteiger partial charge in [0.1, 0.15) is 12.2 Å². The highest BCUT2D eigenvalue weighted by Crippen LogP contribution is 2.17. The fourth-order valence-corrected chi connectivity index (χ4v) is 3.04. The van der Waals surface area contributed by atoms with Crippen molar-refractivity contribution in [2.75, 3.05) is 19.6 Å². The Kier molecular flexibility index (Phi) is 5.20. The molecule has 0 bridgehead atoms. The molecule has 0 radical (unpaired) electrons. The van der Waals surface area contributed by atoms with Gasteiger partial charge in [-0.1, -0.05) is 0 Å². The number of carbonyl (C=O) groups excluding carboxylic acids is 1. The summed E-state index contributed by atoms with van der Waals surface area (Å²) in [5.41, 5.74) is 1.53. The highest BCUT2D eigenvalue weighted by molar-refractivity contribution is 5.93. The van der Waals surface area contributed by atoms with E-state index in [2.05, 4.69) is 32.2 Å². The Morgan fingerprint density at radius 3 is 3.00 bits per heavy atom. The van der Waals surface area contributed by atoms with E-state index in [1.807, 2.05) is 23.7 Å². The minimum Gasteiger partial charge on any atom is -0.352 e. The fourth-order valence-electron chi connectivity index (χ4n) is 3.04. The summed E-state index contributed by atoms with van der Waals surface area (Å²) in [5, 5.41) is 7.23. The molecule has 3 rings (SSSR count). The lowest BCUT2D eigenvalue weighted by molar-refractivity contribution is 0.0947. The SMILES string of the molecule is CCn1ncnc1CN1CC[C@H](CNC(=O)c2ccc(C)nc2)C1. The Morgan fingerprint density at radius 2 is 2.25 bits per heavy atom. The lowest BCUT2D eigenvalue weighted by Crippen LogP contribution is -2.31. The molecular weight excluding hydrogens is 304 g/mol. The van der Waals surface area contributed by atoms with E-state index in [1.54, 1.807) is 12.5 Å². The van der Waals surface area contributed by atoms with Gasteiger partial charge >= 0.3 is 0 Å². The number of nitrogens with one attached hydrogen (secondary N) is 1. The molecule has 24 heavy (non-hydrogen) atoms. The summed E-state index contributed by atoms with van der Waals surface area (Å²) < 4.78 is 1.93. The Labute approximate surface area is 142 Å². The average Bonchev–Trinajstić information content (AvgIpc) is 3.22. The van der Waals surface area contributed by atoms with Crippen LogP contribution in [0.2, 0.25) is 0 Å². The normalized spacial score (nSPS) is 18.0. The first-order valence-corrected chi connectivity index (χ1v) is 8.45. The molecule has 0 unspecified atom stereocenters. The molecule has 1 aliphatic rings. The van der Waals surface area contributed by atoms with Crippen LogP contribution < -0.4 is 5.32 Å². The van der Waals surface area contributed by atoms with Gasteiger partial charge in [0.25, 0.3) is 5.91 Å². The standard InChI is InChI=1S/C17H24N6O/c1-3-23-16(20-12-21-23)11-22-7-6-14(10-22)8-19-17(24)15-5-4-13(2)18-9-15/h4-5,9,12,14H,3,6-8,10-11H2,1-2H3,(H,19,24)/t14-/m1/s1. The smallest absolute Gasteiger partial charge is 0.252 e. The number of likely N-dealkylation sites (tertiary alicyclic amines) is 1. The Bertz CT molecular complexity index is 681. The molecule has 2 aromatic rings. The highest BCUT2D eigenvalue weighted by atomic mass is 16.1. The van der Waals surface area contributed by atoms with Crippen LogP contribution in [0.25, 0.3) is 0 Å². The average molecular weight is 328 g/mol. The van der Waals surface area contributed by atoms with E-state index in [9.17, 15) is 4.79 Å². The second kappa shape index (κ2) is 7.53. The zero-order valence-electron chi connectivity index (χ0n) is 14.3. The molecule has 1 saturated heterocycles. The number of pyridine rings is 1. The van der Waals surface area contributed by atoms with Crippen LogP contribution in [0, 0.1) is 12.8 Å². The van der Waals surface area contributed by atoms with Crippen molar-refractivity contribution in [1.29, 1.82) is 0 Å². The van der Waals surface area contributed by atoms with Gasteiger partial charge in [0.2, 0.25) is 0 Å². The number of aryl methyl sites for hydroxylation is 2. The maximum Gasteiger partial charge on any atom is 0.252 e. The summed E-state index contributed by atoms with van der Waals surface area (Å²) in [5.74, 6) is 1.44. The maximum absolute atomic E-state index is 12.1. The molecule has 1 aliphatic heterocycles. The van der Waals surface area contributed by atoms with Gasteiger partial charge in [-0.3, -0.25) is 14.7 Å². The molecule has 0 aromatic carbocycles. The molecule has 0 aliphatic carbocycles. The van der Waals surface area contributed by atoms with E-state index in [4.69, 9.17) is 0 Å². The molecule has 1 fully saturated rings. The molecule has 1 atom stereocenters. The number of hydrogen-bond donors (Lipinski definition) is 1. The van der Waals surface area contributed by atoms with Crippen LogP contribution >= 0.6 is 0 Å². The summed E-state index contributed by atoms with van der Waals surface area (Å²) in [6.07, 6.45) is 4.33. The number of hydrogen-bond acceptors (Lipinski definition) is 5. The first kappa shape index (κ1) is 16.6. The maximum atomic E-state index is 12.1. The van der Waals surface area contributed by atoms with Crippen LogP contribution in [-0.2, 0) is 13.1 Å². The van der Waals surface area contributed by atoms with E-state index in [0.717, 1.165) is 44.1 Å². The summed E-state index contributed by atoms with van der Waals surface area (Å²) in [4.78, 5) is 23.0. The van der Waals surface area contributed by atoms with E-state index in [-0.39, 0.29) is 5.91 Å². The Morgan fingerprint density at radius 1 is 1.38 bits per heavy atom. The molecule has 2 aromatic heterocycles. The number of amides is 1. The van der Waals surface area contributed by atoms with Crippen LogP contribution in [0.5, 0.6) is 0 Å². The van der Waals surface area contributed by atoms with Gasteiger partial charge in [-0.05, 0) is 44.9 Å². The molecule has 1 amide bonds. The van der Waals surface area contributed by atoms with E-state index < -0.39 is 0 Å². The van der Waals surface area contributed by atoms with Crippen molar-refractivity contribution in [2.45, 2.75) is 33.4 Å². The van der Waals surface area contributed by atoms with Crippen molar-refractivity contribution < 1.29 is 4.79 Å². The highest BCUT2D eigenvalue weighted by Gasteiger charge is 2.24. The Balaban J connectivity index is 1.46. The molecule has 128 valence electrons. The van der Waals surface area contributed by atoms with E-state index >= 15 is 0 Å². The van der Waals surface area contributed by atoms with Crippen LogP contribution in [-0.4, -0.2) is 50.2 Å². The third-order valence-corrected chi connectivity index (χ3v) is 4.46. The molecule has 3 heterocycles. The van der Waals surface area contributed by atoms with Crippen LogP contribution in [0.4, 0.5) is 0 Å². The van der Waals surface area contributed by atoms with Crippen molar-refractivity contribution in [3.8, 4) is 0 Å². The second-order valence-electron chi connectivity index (χ2n) is 6.28. The van der Waals surface area contributed by atoms with Gasteiger partial charge in [-0.2, -0.15) is 5.10 Å². The molecule has 7 nitrogen and oxygen atoms in total. The van der Waals surface area contributed by atoms with Crippen molar-refractivity contribution in [3.63, 3.8) is 0 Å². The third kappa shape index (κ3) is 3.97. The number of carbonyl (C=O) groups is 1. The minimum atomic E-state index is -0.0494. The van der Waals surface area contributed by atoms with E-state index in [1.165, 1.54) is 0 Å². The van der Waals surface area contributed by atoms with Gasteiger partial charge in [0.05, 0.1) is 12.1 Å². The van der Waals surface area contributed by atoms with Crippen molar-refractivity contribution in [3.05, 3.63) is 41.7 Å². The van der Waals surface area contributed by atoms with Crippen LogP contribution in [0.3, 0.4) is 0 Å². The lowest BCUT2D eigenvalue weighted by Gasteiger charge is -2.16. The molecular formula is C17H24N6O. The van der Waals surface area contributed by atoms with Gasteiger partial charge in [0, 0.05) is 31.5 Å². The monoisotopic (exact) mass is 328 g/mol. The van der Waals surface area contributed by atoms with Gasteiger partial charge in [-0.25, -0.2) is 9.67 Å². The molecule has 1 N–H and O–H groups in total. The zero-order valence-corrected chi connectivity index (χ0v) is 14.3. The van der Waals surface area contributed by atoms with Crippen molar-refractivity contribution in [1.82, 2.24) is 30.0 Å². The number of nitrogens with zero attached hydrogens (tertiary/aromatic N) is 5. The number of aromatic nitrogens is 4. The van der Waals surface area contributed by atoms with Crippen molar-refractivity contribution >= 4 is 5.91 Å². The third-order valence-electron chi connectivity index (χ3n) is 4.46. The molecule has 0 spiro atoms. The summed E-state index contributed by atoms with van der Waals surface area (Å²) in [6, 6.07) is 3.67. The molecule has 7 heteroatoms.